The maximum atomic E-state index is 12.3. The SMILES string of the molecule is C=C(/N=C\C(=C/C)c1ccccc1)N1CCN(C(C(=O)NO)c2ccccc2)CC1. The number of rotatable bonds is 7. The number of aliphatic imine (C=N–C) groups is 1. The molecule has 0 spiro atoms. The van der Waals surface area contributed by atoms with Gasteiger partial charge in [0, 0.05) is 32.4 Å². The molecule has 2 aromatic carbocycles. The quantitative estimate of drug-likeness (QED) is 0.421. The Bertz CT molecular complexity index is 901. The van der Waals surface area contributed by atoms with E-state index in [-0.39, 0.29) is 0 Å². The molecular formula is C24H28N4O2. The van der Waals surface area contributed by atoms with E-state index < -0.39 is 11.9 Å². The number of hydrogen-bond acceptors (Lipinski definition) is 5. The zero-order valence-corrected chi connectivity index (χ0v) is 17.2. The standard InChI is InChI=1S/C24H28N4O2/c1-3-20(21-10-6-4-7-11-21)18-25-19(2)27-14-16-28(17-15-27)23(24(29)26-30)22-12-8-5-9-13-22/h3-13,18,23,30H,2,14-17H2,1H3,(H,26,29)/b20-3+,25-18-. The number of allylic oxidation sites excluding steroid dienone is 2. The van der Waals surface area contributed by atoms with E-state index in [1.165, 1.54) is 0 Å². The lowest BCUT2D eigenvalue weighted by Crippen LogP contribution is -2.50. The van der Waals surface area contributed by atoms with E-state index in [1.54, 1.807) is 0 Å². The highest BCUT2D eigenvalue weighted by Crippen LogP contribution is 2.23. The molecule has 1 aliphatic rings. The molecule has 1 fully saturated rings. The van der Waals surface area contributed by atoms with Gasteiger partial charge in [-0.3, -0.25) is 14.9 Å². The van der Waals surface area contributed by atoms with Crippen LogP contribution in [-0.4, -0.2) is 53.3 Å². The minimum atomic E-state index is -0.525. The Labute approximate surface area is 177 Å². The maximum Gasteiger partial charge on any atom is 0.265 e. The zero-order valence-electron chi connectivity index (χ0n) is 17.2. The molecule has 156 valence electrons. The van der Waals surface area contributed by atoms with Crippen molar-refractivity contribution in [2.24, 2.45) is 4.99 Å². The largest absolute Gasteiger partial charge is 0.355 e. The molecule has 0 aromatic heterocycles. The third-order valence-electron chi connectivity index (χ3n) is 5.29. The summed E-state index contributed by atoms with van der Waals surface area (Å²) in [5.41, 5.74) is 4.82. The Morgan fingerprint density at radius 3 is 2.23 bits per heavy atom. The number of nitrogens with one attached hydrogen (secondary N) is 1. The summed E-state index contributed by atoms with van der Waals surface area (Å²) in [6.07, 6.45) is 3.87. The van der Waals surface area contributed by atoms with Gasteiger partial charge in [-0.15, -0.1) is 0 Å². The Morgan fingerprint density at radius 2 is 1.67 bits per heavy atom. The summed E-state index contributed by atoms with van der Waals surface area (Å²) in [5.74, 6) is 0.278. The van der Waals surface area contributed by atoms with E-state index >= 15 is 0 Å². The van der Waals surface area contributed by atoms with Crippen molar-refractivity contribution in [3.8, 4) is 0 Å². The van der Waals surface area contributed by atoms with Gasteiger partial charge in [0.2, 0.25) is 0 Å². The fraction of sp³-hybridized carbons (Fsp3) is 0.250. The molecule has 0 saturated carbocycles. The molecule has 0 aliphatic carbocycles. The van der Waals surface area contributed by atoms with Crippen LogP contribution in [0.1, 0.15) is 24.1 Å². The van der Waals surface area contributed by atoms with Gasteiger partial charge < -0.3 is 4.90 Å². The Morgan fingerprint density at radius 1 is 1.07 bits per heavy atom. The van der Waals surface area contributed by atoms with Gasteiger partial charge in [-0.25, -0.2) is 10.5 Å². The number of benzene rings is 2. The molecule has 2 aromatic rings. The van der Waals surface area contributed by atoms with Gasteiger partial charge in [-0.2, -0.15) is 0 Å². The monoisotopic (exact) mass is 404 g/mol. The lowest BCUT2D eigenvalue weighted by atomic mass is 10.0. The second-order valence-corrected chi connectivity index (χ2v) is 7.10. The predicted molar refractivity (Wildman–Crippen MR) is 120 cm³/mol. The summed E-state index contributed by atoms with van der Waals surface area (Å²) in [7, 11) is 0. The highest BCUT2D eigenvalue weighted by molar-refractivity contribution is 6.09. The van der Waals surface area contributed by atoms with Gasteiger partial charge in [-0.05, 0) is 23.6 Å². The summed E-state index contributed by atoms with van der Waals surface area (Å²) in [4.78, 5) is 21.1. The average molecular weight is 405 g/mol. The van der Waals surface area contributed by atoms with Gasteiger partial charge in [0.05, 0.1) is 0 Å². The molecule has 1 aliphatic heterocycles. The molecule has 1 saturated heterocycles. The first-order valence-corrected chi connectivity index (χ1v) is 10.1. The van der Waals surface area contributed by atoms with Crippen LogP contribution in [-0.2, 0) is 4.79 Å². The minimum absolute atomic E-state index is 0.424. The second-order valence-electron chi connectivity index (χ2n) is 7.10. The van der Waals surface area contributed by atoms with Crippen LogP contribution in [0.2, 0.25) is 0 Å². The lowest BCUT2D eigenvalue weighted by molar-refractivity contribution is -0.135. The molecule has 3 rings (SSSR count). The predicted octanol–water partition coefficient (Wildman–Crippen LogP) is 3.50. The van der Waals surface area contributed by atoms with Crippen LogP contribution in [0.3, 0.4) is 0 Å². The van der Waals surface area contributed by atoms with Crippen molar-refractivity contribution in [1.29, 1.82) is 0 Å². The Kier molecular flexibility index (Phi) is 7.54. The molecule has 1 atom stereocenters. The average Bonchev–Trinajstić information content (AvgIpc) is 2.81. The van der Waals surface area contributed by atoms with Crippen molar-refractivity contribution in [3.05, 3.63) is 90.3 Å². The van der Waals surface area contributed by atoms with Crippen molar-refractivity contribution in [1.82, 2.24) is 15.3 Å². The number of nitrogens with zero attached hydrogens (tertiary/aromatic N) is 3. The van der Waals surface area contributed by atoms with Crippen molar-refractivity contribution in [2.45, 2.75) is 13.0 Å². The van der Waals surface area contributed by atoms with Gasteiger partial charge in [0.15, 0.2) is 0 Å². The van der Waals surface area contributed by atoms with Crippen LogP contribution in [0.5, 0.6) is 0 Å². The topological polar surface area (TPSA) is 68.2 Å². The summed E-state index contributed by atoms with van der Waals surface area (Å²) in [6.45, 7) is 8.85. The third kappa shape index (κ3) is 5.23. The number of hydroxylamine groups is 1. The molecule has 0 radical (unpaired) electrons. The first-order valence-electron chi connectivity index (χ1n) is 10.1. The summed E-state index contributed by atoms with van der Waals surface area (Å²) in [5, 5.41) is 9.20. The number of hydrogen-bond donors (Lipinski definition) is 2. The normalized spacial score (nSPS) is 16.5. The van der Waals surface area contributed by atoms with E-state index in [0.717, 1.165) is 16.7 Å². The van der Waals surface area contributed by atoms with E-state index in [0.29, 0.717) is 32.0 Å². The first kappa shape index (κ1) is 21.5. The Hall–Kier alpha value is -3.22. The van der Waals surface area contributed by atoms with Crippen molar-refractivity contribution < 1.29 is 10.0 Å². The molecule has 1 heterocycles. The summed E-state index contributed by atoms with van der Waals surface area (Å²) < 4.78 is 0. The van der Waals surface area contributed by atoms with E-state index in [4.69, 9.17) is 0 Å². The van der Waals surface area contributed by atoms with Crippen LogP contribution < -0.4 is 5.48 Å². The van der Waals surface area contributed by atoms with Gasteiger partial charge in [0.1, 0.15) is 11.9 Å². The van der Waals surface area contributed by atoms with E-state index in [9.17, 15) is 10.0 Å². The van der Waals surface area contributed by atoms with Crippen LogP contribution in [0.25, 0.3) is 5.57 Å². The highest BCUT2D eigenvalue weighted by Gasteiger charge is 2.30. The molecule has 2 N–H and O–H groups in total. The van der Waals surface area contributed by atoms with Gasteiger partial charge in [0.25, 0.3) is 5.91 Å². The van der Waals surface area contributed by atoms with Crippen molar-refractivity contribution in [3.63, 3.8) is 0 Å². The van der Waals surface area contributed by atoms with Gasteiger partial charge >= 0.3 is 0 Å². The summed E-state index contributed by atoms with van der Waals surface area (Å²) >= 11 is 0. The highest BCUT2D eigenvalue weighted by atomic mass is 16.5. The van der Waals surface area contributed by atoms with Crippen LogP contribution >= 0.6 is 0 Å². The van der Waals surface area contributed by atoms with Crippen LogP contribution in [0.4, 0.5) is 0 Å². The second kappa shape index (κ2) is 10.5. The van der Waals surface area contributed by atoms with Crippen molar-refractivity contribution >= 4 is 17.7 Å². The van der Waals surface area contributed by atoms with Crippen LogP contribution in [0, 0.1) is 0 Å². The Balaban J connectivity index is 1.63. The molecule has 0 bridgehead atoms. The zero-order chi connectivity index (χ0) is 21.3. The fourth-order valence-electron chi connectivity index (χ4n) is 3.63. The summed E-state index contributed by atoms with van der Waals surface area (Å²) in [6, 6.07) is 19.1. The molecule has 6 heteroatoms. The molecule has 6 nitrogen and oxygen atoms in total. The fourth-order valence-corrected chi connectivity index (χ4v) is 3.63. The van der Waals surface area contributed by atoms with E-state index in [2.05, 4.69) is 33.5 Å². The lowest BCUT2D eigenvalue weighted by Gasteiger charge is -2.39. The first-order chi connectivity index (χ1) is 14.6. The third-order valence-corrected chi connectivity index (χ3v) is 5.29. The smallest absolute Gasteiger partial charge is 0.265 e. The van der Waals surface area contributed by atoms with Crippen molar-refractivity contribution in [2.75, 3.05) is 26.2 Å². The number of carbonyl (C=O) groups excluding carboxylic acids is 1. The number of amides is 1. The minimum Gasteiger partial charge on any atom is -0.355 e. The molecule has 30 heavy (non-hydrogen) atoms. The number of carbonyl (C=O) groups is 1. The van der Waals surface area contributed by atoms with Crippen LogP contribution in [0.15, 0.2) is 84.1 Å². The van der Waals surface area contributed by atoms with E-state index in [1.807, 2.05) is 73.2 Å². The molecule has 1 unspecified atom stereocenters. The number of piperazine rings is 1. The van der Waals surface area contributed by atoms with Gasteiger partial charge in [-0.1, -0.05) is 73.3 Å². The maximum absolute atomic E-state index is 12.3. The molecular weight excluding hydrogens is 376 g/mol. The molecule has 1 amide bonds.